The summed E-state index contributed by atoms with van der Waals surface area (Å²) in [5.74, 6) is -4.21. The van der Waals surface area contributed by atoms with Crippen molar-refractivity contribution in [1.29, 1.82) is 0 Å². The molecular formula is C55H81NO16. The third-order valence-corrected chi connectivity index (χ3v) is 18.1. The number of benzene rings is 1. The van der Waals surface area contributed by atoms with Crippen LogP contribution in [-0.2, 0) is 82.6 Å². The molecule has 1 heterocycles. The number of rotatable bonds is 18. The Bertz CT molecular complexity index is 2150. The lowest BCUT2D eigenvalue weighted by atomic mass is 9.35. The summed E-state index contributed by atoms with van der Waals surface area (Å²) in [5.41, 5.74) is -1.34. The van der Waals surface area contributed by atoms with Gasteiger partial charge in [0.1, 0.15) is 31.0 Å². The Kier molecular flexibility index (Phi) is 17.7. The summed E-state index contributed by atoms with van der Waals surface area (Å²) >= 11 is 0. The fraction of sp³-hybridized carbons (Fsp3) is 0.764. The summed E-state index contributed by atoms with van der Waals surface area (Å²) in [6.45, 7) is 21.2. The number of ether oxygens (including phenoxy) is 9. The average Bonchev–Trinajstić information content (AvgIpc) is 3.67. The molecule has 1 N–H and O–H groups in total. The summed E-state index contributed by atoms with van der Waals surface area (Å²) in [4.78, 5) is 89.7. The minimum atomic E-state index is -1.47. The smallest absolute Gasteiger partial charge is 0.323 e. The molecular weight excluding hydrogens is 931 g/mol. The van der Waals surface area contributed by atoms with E-state index in [4.69, 9.17) is 42.6 Å². The number of carbonyl (C=O) groups is 7. The van der Waals surface area contributed by atoms with Crippen LogP contribution in [0.4, 0.5) is 0 Å². The van der Waals surface area contributed by atoms with E-state index < -0.39 is 96.3 Å². The van der Waals surface area contributed by atoms with Gasteiger partial charge < -0.3 is 47.9 Å². The van der Waals surface area contributed by atoms with Gasteiger partial charge in [-0.1, -0.05) is 65.0 Å². The van der Waals surface area contributed by atoms with E-state index >= 15 is 0 Å². The van der Waals surface area contributed by atoms with Gasteiger partial charge in [0.25, 0.3) is 0 Å². The number of hydrogen-bond acceptors (Lipinski definition) is 17. The molecule has 0 bridgehead atoms. The Balaban J connectivity index is 1.43. The first-order valence-electron chi connectivity index (χ1n) is 25.9. The van der Waals surface area contributed by atoms with E-state index in [-0.39, 0.29) is 52.0 Å². The Hall–Kier alpha value is -4.61. The molecule has 0 amide bonds. The standard InChI is InChI=1S/C55H81NO16/c1-31(57)65-30-41-46(68-34(4)60)47(69-35(5)61)48(70-36(6)62)50(71-41)72-55(12,23-17-27-56-39(49(63)64-13)28-37-18-15-14-16-19-37)38-20-25-54(11)45(38)40(66-32(2)58)29-43-52(9)24-22-44(67-33(3)59)51(7,8)42(52)21-26-53(43,54)10/h14-16,18-19,38-48,50,56H,17,20-30H2,1-13H3/t38?,39-,40?,41+,42?,43?,44-,45-,46+,47-,48+,50+,52-,53+,54+,55-/m0/s1. The van der Waals surface area contributed by atoms with Gasteiger partial charge in [-0.15, -0.1) is 0 Å². The fourth-order valence-corrected chi connectivity index (χ4v) is 15.0. The molecule has 0 spiro atoms. The first kappa shape index (κ1) is 56.7. The predicted molar refractivity (Wildman–Crippen MR) is 260 cm³/mol. The van der Waals surface area contributed by atoms with Gasteiger partial charge in [-0.05, 0) is 117 Å². The molecule has 4 unspecified atom stereocenters. The largest absolute Gasteiger partial charge is 0.468 e. The average molecular weight is 1010 g/mol. The SMILES string of the molecule is COC(=O)[C@H](Cc1ccccc1)NCCC[C@](C)(O[C@H]1O[C@H](COC(C)=O)[C@@H](OC(C)=O)[C@H](OC(C)=O)[C@H]1OC(C)=O)C1CC[C@]2(C)[C@@H]1C(OC(C)=O)CC1[C@@]3(C)CC[C@H](OC(C)=O)C(C)(C)C3CC[C@]12C. The molecule has 5 fully saturated rings. The van der Waals surface area contributed by atoms with E-state index in [9.17, 15) is 33.6 Å². The zero-order valence-corrected chi connectivity index (χ0v) is 44.8. The highest BCUT2D eigenvalue weighted by Crippen LogP contribution is 2.76. The van der Waals surface area contributed by atoms with Crippen molar-refractivity contribution in [1.82, 2.24) is 5.32 Å². The van der Waals surface area contributed by atoms with E-state index in [1.165, 1.54) is 48.7 Å². The maximum absolute atomic E-state index is 13.4. The van der Waals surface area contributed by atoms with Crippen molar-refractivity contribution < 1.29 is 76.2 Å². The van der Waals surface area contributed by atoms with Gasteiger partial charge in [0.2, 0.25) is 0 Å². The molecule has 6 rings (SSSR count). The van der Waals surface area contributed by atoms with Crippen LogP contribution in [0.1, 0.15) is 146 Å². The van der Waals surface area contributed by atoms with E-state index in [1.807, 2.05) is 37.3 Å². The molecule has 4 aliphatic carbocycles. The summed E-state index contributed by atoms with van der Waals surface area (Å²) in [6, 6.07) is 8.97. The summed E-state index contributed by atoms with van der Waals surface area (Å²) in [6.07, 6.45) is -1.14. The monoisotopic (exact) mass is 1010 g/mol. The van der Waals surface area contributed by atoms with Crippen molar-refractivity contribution in [3.8, 4) is 0 Å². The van der Waals surface area contributed by atoms with Crippen LogP contribution in [0.25, 0.3) is 0 Å². The number of methoxy groups -OCH3 is 1. The third-order valence-electron chi connectivity index (χ3n) is 18.1. The molecule has 1 saturated heterocycles. The third kappa shape index (κ3) is 11.7. The minimum Gasteiger partial charge on any atom is -0.468 e. The second-order valence-corrected chi connectivity index (χ2v) is 22.8. The Labute approximate surface area is 425 Å². The first-order chi connectivity index (χ1) is 33.7. The zero-order chi connectivity index (χ0) is 53.1. The Morgan fingerprint density at radius 1 is 0.708 bits per heavy atom. The number of hydrogen-bond donors (Lipinski definition) is 1. The Morgan fingerprint density at radius 3 is 1.90 bits per heavy atom. The topological polar surface area (TPSA) is 215 Å². The first-order valence-corrected chi connectivity index (χ1v) is 25.9. The molecule has 17 nitrogen and oxygen atoms in total. The van der Waals surface area contributed by atoms with E-state index in [0.717, 1.165) is 37.7 Å². The van der Waals surface area contributed by atoms with Gasteiger partial charge in [0.05, 0.1) is 12.7 Å². The number of carbonyl (C=O) groups excluding carboxylic acids is 7. The van der Waals surface area contributed by atoms with E-state index in [1.54, 1.807) is 0 Å². The molecule has 17 heteroatoms. The highest BCUT2D eigenvalue weighted by molar-refractivity contribution is 5.76. The van der Waals surface area contributed by atoms with E-state index in [0.29, 0.717) is 38.6 Å². The van der Waals surface area contributed by atoms with Crippen LogP contribution in [0, 0.1) is 45.3 Å². The van der Waals surface area contributed by atoms with Crippen molar-refractivity contribution >= 4 is 41.8 Å². The molecule has 1 aromatic carbocycles. The second kappa shape index (κ2) is 22.5. The molecule has 72 heavy (non-hydrogen) atoms. The van der Waals surface area contributed by atoms with Gasteiger partial charge in [0, 0.05) is 52.9 Å². The molecule has 0 aromatic heterocycles. The van der Waals surface area contributed by atoms with Crippen molar-refractivity contribution in [3.63, 3.8) is 0 Å². The zero-order valence-electron chi connectivity index (χ0n) is 44.8. The molecule has 0 radical (unpaired) electrons. The summed E-state index contributed by atoms with van der Waals surface area (Å²) in [7, 11) is 1.36. The van der Waals surface area contributed by atoms with Crippen LogP contribution in [0.3, 0.4) is 0 Å². The predicted octanol–water partition coefficient (Wildman–Crippen LogP) is 7.16. The molecule has 16 atom stereocenters. The maximum Gasteiger partial charge on any atom is 0.323 e. The fourth-order valence-electron chi connectivity index (χ4n) is 15.0. The van der Waals surface area contributed by atoms with E-state index in [2.05, 4.69) is 39.9 Å². The van der Waals surface area contributed by atoms with Crippen molar-refractivity contribution in [3.05, 3.63) is 35.9 Å². The Morgan fingerprint density at radius 2 is 1.31 bits per heavy atom. The van der Waals surface area contributed by atoms with Crippen LogP contribution >= 0.6 is 0 Å². The molecule has 4 saturated carbocycles. The summed E-state index contributed by atoms with van der Waals surface area (Å²) in [5, 5.41) is 3.42. The minimum absolute atomic E-state index is 0.140. The highest BCUT2D eigenvalue weighted by atomic mass is 16.7. The van der Waals surface area contributed by atoms with Gasteiger partial charge in [-0.3, -0.25) is 33.6 Å². The summed E-state index contributed by atoms with van der Waals surface area (Å²) < 4.78 is 54.6. The van der Waals surface area contributed by atoms with Crippen molar-refractivity contribution in [2.24, 2.45) is 45.3 Å². The molecule has 402 valence electrons. The van der Waals surface area contributed by atoms with Crippen LogP contribution in [0.5, 0.6) is 0 Å². The second-order valence-electron chi connectivity index (χ2n) is 22.8. The quantitative estimate of drug-likeness (QED) is 0.0877. The van der Waals surface area contributed by atoms with Gasteiger partial charge in [-0.2, -0.15) is 0 Å². The van der Waals surface area contributed by atoms with Crippen LogP contribution in [0.15, 0.2) is 30.3 Å². The van der Waals surface area contributed by atoms with Crippen molar-refractivity contribution in [2.45, 2.75) is 202 Å². The van der Waals surface area contributed by atoms with Crippen LogP contribution in [0.2, 0.25) is 0 Å². The van der Waals surface area contributed by atoms with Gasteiger partial charge in [-0.25, -0.2) is 0 Å². The molecule has 5 aliphatic rings. The van der Waals surface area contributed by atoms with Gasteiger partial charge in [0.15, 0.2) is 24.6 Å². The number of nitrogens with one attached hydrogen (secondary N) is 1. The van der Waals surface area contributed by atoms with Crippen LogP contribution < -0.4 is 5.32 Å². The molecule has 1 aromatic rings. The highest BCUT2D eigenvalue weighted by Gasteiger charge is 2.73. The lowest BCUT2D eigenvalue weighted by Crippen LogP contribution is -2.67. The lowest BCUT2D eigenvalue weighted by molar-refractivity contribution is -0.339. The maximum atomic E-state index is 13.4. The number of fused-ring (bicyclic) bond motifs is 5. The van der Waals surface area contributed by atoms with Crippen LogP contribution in [-0.4, -0.2) is 117 Å². The lowest BCUT2D eigenvalue weighted by Gasteiger charge is -2.70. The molecule has 1 aliphatic heterocycles. The van der Waals surface area contributed by atoms with Crippen molar-refractivity contribution in [2.75, 3.05) is 20.3 Å². The number of esters is 7. The van der Waals surface area contributed by atoms with Gasteiger partial charge >= 0.3 is 41.8 Å². The normalized spacial score (nSPS) is 35.8.